The Morgan fingerprint density at radius 3 is 2.27 bits per heavy atom. The van der Waals surface area contributed by atoms with Gasteiger partial charge in [0.2, 0.25) is 11.8 Å². The lowest BCUT2D eigenvalue weighted by atomic mass is 9.75. The Bertz CT molecular complexity index is 282. The Morgan fingerprint density at radius 2 is 1.93 bits per heavy atom. The maximum Gasteiger partial charge on any atom is 0.242 e. The molecule has 2 amide bonds. The summed E-state index contributed by atoms with van der Waals surface area (Å²) in [5.74, 6) is -0.753. The molecule has 0 aliphatic heterocycles. The minimum atomic E-state index is -1.00. The topological polar surface area (TPSA) is 98.2 Å². The highest BCUT2D eigenvalue weighted by atomic mass is 16.2. The molecule has 1 aliphatic carbocycles. The second-order valence-corrected chi connectivity index (χ2v) is 4.93. The van der Waals surface area contributed by atoms with E-state index < -0.39 is 11.4 Å². The van der Waals surface area contributed by atoms with Crippen molar-refractivity contribution in [2.75, 3.05) is 0 Å². The van der Waals surface area contributed by atoms with Crippen LogP contribution in [0.15, 0.2) is 0 Å². The highest BCUT2D eigenvalue weighted by Gasteiger charge is 2.36. The monoisotopic (exact) mass is 213 g/mol. The first kappa shape index (κ1) is 12.0. The van der Waals surface area contributed by atoms with Gasteiger partial charge in [0.1, 0.15) is 5.54 Å². The third-order valence-electron chi connectivity index (χ3n) is 2.93. The van der Waals surface area contributed by atoms with Gasteiger partial charge < -0.3 is 16.8 Å². The number of carbonyl (C=O) groups is 2. The molecule has 0 radical (unpaired) electrons. The first-order chi connectivity index (χ1) is 6.75. The van der Waals surface area contributed by atoms with Crippen LogP contribution in [0.5, 0.6) is 0 Å². The van der Waals surface area contributed by atoms with Gasteiger partial charge >= 0.3 is 0 Å². The highest BCUT2D eigenvalue weighted by molar-refractivity contribution is 5.89. The van der Waals surface area contributed by atoms with Gasteiger partial charge in [0.05, 0.1) is 0 Å². The molecule has 0 atom stereocenters. The van der Waals surface area contributed by atoms with Crippen molar-refractivity contribution in [2.45, 2.75) is 50.6 Å². The summed E-state index contributed by atoms with van der Waals surface area (Å²) in [7, 11) is 0. The van der Waals surface area contributed by atoms with Gasteiger partial charge in [-0.1, -0.05) is 0 Å². The molecule has 5 N–H and O–H groups in total. The van der Waals surface area contributed by atoms with Gasteiger partial charge in [-0.2, -0.15) is 0 Å². The van der Waals surface area contributed by atoms with Crippen LogP contribution in [0.3, 0.4) is 0 Å². The van der Waals surface area contributed by atoms with Crippen LogP contribution in [0.2, 0.25) is 0 Å². The Morgan fingerprint density at radius 1 is 1.40 bits per heavy atom. The largest absolute Gasteiger partial charge is 0.368 e. The molecule has 15 heavy (non-hydrogen) atoms. The van der Waals surface area contributed by atoms with Crippen LogP contribution in [0.4, 0.5) is 0 Å². The Kier molecular flexibility index (Phi) is 3.04. The SMILES string of the molecule is CC(C)(NC(=O)CC1(N)CCC1)C(N)=O. The van der Waals surface area contributed by atoms with Gasteiger partial charge in [-0.3, -0.25) is 9.59 Å². The van der Waals surface area contributed by atoms with E-state index >= 15 is 0 Å². The molecule has 0 aromatic heterocycles. The summed E-state index contributed by atoms with van der Waals surface area (Å²) in [6, 6.07) is 0. The molecule has 0 heterocycles. The second kappa shape index (κ2) is 3.81. The van der Waals surface area contributed by atoms with E-state index in [2.05, 4.69) is 5.32 Å². The van der Waals surface area contributed by atoms with Crippen molar-refractivity contribution in [1.82, 2.24) is 5.32 Å². The molecule has 0 bridgehead atoms. The van der Waals surface area contributed by atoms with Crippen molar-refractivity contribution in [1.29, 1.82) is 0 Å². The summed E-state index contributed by atoms with van der Waals surface area (Å²) in [6.45, 7) is 3.16. The molecule has 1 aliphatic rings. The van der Waals surface area contributed by atoms with E-state index in [4.69, 9.17) is 11.5 Å². The predicted molar refractivity (Wildman–Crippen MR) is 56.8 cm³/mol. The average molecular weight is 213 g/mol. The molecule has 1 fully saturated rings. The van der Waals surface area contributed by atoms with Crippen molar-refractivity contribution in [2.24, 2.45) is 11.5 Å². The van der Waals surface area contributed by atoms with Gasteiger partial charge in [-0.15, -0.1) is 0 Å². The third kappa shape index (κ3) is 2.92. The Hall–Kier alpha value is -1.10. The van der Waals surface area contributed by atoms with E-state index in [1.54, 1.807) is 13.8 Å². The van der Waals surface area contributed by atoms with Crippen molar-refractivity contribution < 1.29 is 9.59 Å². The third-order valence-corrected chi connectivity index (χ3v) is 2.93. The first-order valence-corrected chi connectivity index (χ1v) is 5.15. The average Bonchev–Trinajstić information content (AvgIpc) is 1.99. The van der Waals surface area contributed by atoms with Gasteiger partial charge in [-0.05, 0) is 33.1 Å². The smallest absolute Gasteiger partial charge is 0.242 e. The summed E-state index contributed by atoms with van der Waals surface area (Å²) in [5, 5.41) is 2.59. The number of hydrogen-bond donors (Lipinski definition) is 3. The molecular weight excluding hydrogens is 194 g/mol. The van der Waals surface area contributed by atoms with E-state index in [1.165, 1.54) is 0 Å². The number of amides is 2. The van der Waals surface area contributed by atoms with Crippen LogP contribution in [0.1, 0.15) is 39.5 Å². The molecule has 86 valence electrons. The van der Waals surface area contributed by atoms with Crippen molar-refractivity contribution in [3.05, 3.63) is 0 Å². The molecule has 1 saturated carbocycles. The minimum Gasteiger partial charge on any atom is -0.368 e. The molecule has 0 unspecified atom stereocenters. The van der Waals surface area contributed by atoms with Crippen LogP contribution in [-0.4, -0.2) is 22.9 Å². The molecule has 0 spiro atoms. The van der Waals surface area contributed by atoms with Crippen LogP contribution >= 0.6 is 0 Å². The van der Waals surface area contributed by atoms with Crippen LogP contribution in [0.25, 0.3) is 0 Å². The number of nitrogens with two attached hydrogens (primary N) is 2. The fourth-order valence-electron chi connectivity index (χ4n) is 1.58. The zero-order valence-electron chi connectivity index (χ0n) is 9.30. The van der Waals surface area contributed by atoms with E-state index in [9.17, 15) is 9.59 Å². The summed E-state index contributed by atoms with van der Waals surface area (Å²) in [4.78, 5) is 22.6. The number of hydrogen-bond acceptors (Lipinski definition) is 3. The van der Waals surface area contributed by atoms with E-state index in [0.717, 1.165) is 19.3 Å². The van der Waals surface area contributed by atoms with Crippen molar-refractivity contribution in [3.63, 3.8) is 0 Å². The van der Waals surface area contributed by atoms with Crippen LogP contribution in [0, 0.1) is 0 Å². The molecule has 0 saturated heterocycles. The fraction of sp³-hybridized carbons (Fsp3) is 0.800. The number of nitrogens with one attached hydrogen (secondary N) is 1. The first-order valence-electron chi connectivity index (χ1n) is 5.15. The van der Waals surface area contributed by atoms with E-state index in [1.807, 2.05) is 0 Å². The van der Waals surface area contributed by atoms with Crippen molar-refractivity contribution in [3.8, 4) is 0 Å². The van der Waals surface area contributed by atoms with Crippen LogP contribution < -0.4 is 16.8 Å². The fourth-order valence-corrected chi connectivity index (χ4v) is 1.58. The van der Waals surface area contributed by atoms with Crippen molar-refractivity contribution >= 4 is 11.8 Å². The number of rotatable bonds is 4. The maximum atomic E-state index is 11.6. The minimum absolute atomic E-state index is 0.207. The summed E-state index contributed by atoms with van der Waals surface area (Å²) >= 11 is 0. The quantitative estimate of drug-likeness (QED) is 0.594. The summed E-state index contributed by atoms with van der Waals surface area (Å²) in [5.41, 5.74) is 9.70. The van der Waals surface area contributed by atoms with Gasteiger partial charge in [0, 0.05) is 12.0 Å². The molecular formula is C10H19N3O2. The lowest BCUT2D eigenvalue weighted by Gasteiger charge is -2.38. The Labute approximate surface area is 89.6 Å². The van der Waals surface area contributed by atoms with Gasteiger partial charge in [-0.25, -0.2) is 0 Å². The lowest BCUT2D eigenvalue weighted by Crippen LogP contribution is -2.56. The van der Waals surface area contributed by atoms with E-state index in [-0.39, 0.29) is 17.9 Å². The number of carbonyl (C=O) groups excluding carboxylic acids is 2. The van der Waals surface area contributed by atoms with E-state index in [0.29, 0.717) is 0 Å². The molecule has 5 nitrogen and oxygen atoms in total. The summed E-state index contributed by atoms with van der Waals surface area (Å²) in [6.07, 6.45) is 3.08. The predicted octanol–water partition coefficient (Wildman–Crippen LogP) is -0.362. The second-order valence-electron chi connectivity index (χ2n) is 4.93. The normalized spacial score (nSPS) is 19.1. The van der Waals surface area contributed by atoms with Gasteiger partial charge in [0.25, 0.3) is 0 Å². The lowest BCUT2D eigenvalue weighted by molar-refractivity contribution is -0.131. The summed E-state index contributed by atoms with van der Waals surface area (Å²) < 4.78 is 0. The zero-order chi connectivity index (χ0) is 11.7. The molecule has 1 rings (SSSR count). The number of primary amides is 1. The molecule has 0 aromatic rings. The van der Waals surface area contributed by atoms with Gasteiger partial charge in [0.15, 0.2) is 0 Å². The standard InChI is InChI=1S/C10H19N3O2/c1-9(2,8(11)15)13-7(14)6-10(12)4-3-5-10/h3-6,12H2,1-2H3,(H2,11,15)(H,13,14). The maximum absolute atomic E-state index is 11.6. The van der Waals surface area contributed by atoms with Crippen LogP contribution in [-0.2, 0) is 9.59 Å². The zero-order valence-corrected chi connectivity index (χ0v) is 9.30. The molecule has 5 heteroatoms. The molecule has 0 aromatic carbocycles. The Balaban J connectivity index is 2.45. The highest BCUT2D eigenvalue weighted by Crippen LogP contribution is 2.32.